The molecule has 0 spiro atoms. The molecule has 1 unspecified atom stereocenters. The molecule has 1 heterocycles. The first-order valence-electron chi connectivity index (χ1n) is 5.52. The van der Waals surface area contributed by atoms with E-state index in [4.69, 9.17) is 0 Å². The Labute approximate surface area is 105 Å². The molecule has 92 valence electrons. The highest BCUT2D eigenvalue weighted by Gasteiger charge is 2.40. The van der Waals surface area contributed by atoms with Crippen molar-refractivity contribution >= 4 is 11.8 Å². The van der Waals surface area contributed by atoms with E-state index in [-0.39, 0.29) is 0 Å². The van der Waals surface area contributed by atoms with Crippen molar-refractivity contribution in [2.45, 2.75) is 12.1 Å². The molecule has 0 radical (unpaired) electrons. The van der Waals surface area contributed by atoms with Crippen molar-refractivity contribution in [3.8, 4) is 0 Å². The second kappa shape index (κ2) is 4.58. The van der Waals surface area contributed by atoms with Crippen LogP contribution in [0.15, 0.2) is 49.6 Å². The SMILES string of the molecule is C=CC([C@H](O)C=C)N1C(=O)c2ccccc2C1=O. The van der Waals surface area contributed by atoms with Crippen molar-refractivity contribution in [1.29, 1.82) is 0 Å². The van der Waals surface area contributed by atoms with Gasteiger partial charge in [0, 0.05) is 0 Å². The molecule has 1 aromatic rings. The molecular weight excluding hydrogens is 230 g/mol. The third kappa shape index (κ3) is 1.67. The second-order valence-electron chi connectivity index (χ2n) is 3.98. The topological polar surface area (TPSA) is 57.6 Å². The van der Waals surface area contributed by atoms with Crippen LogP contribution in [0.2, 0.25) is 0 Å². The van der Waals surface area contributed by atoms with E-state index in [2.05, 4.69) is 13.2 Å². The minimum absolute atomic E-state index is 0.352. The second-order valence-corrected chi connectivity index (χ2v) is 3.98. The molecule has 2 amide bonds. The Bertz CT molecular complexity index is 501. The molecule has 0 aliphatic carbocycles. The predicted molar refractivity (Wildman–Crippen MR) is 67.1 cm³/mol. The van der Waals surface area contributed by atoms with Crippen LogP contribution in [0.25, 0.3) is 0 Å². The van der Waals surface area contributed by atoms with Crippen LogP contribution in [0.5, 0.6) is 0 Å². The number of carbonyl (C=O) groups is 2. The molecule has 4 heteroatoms. The van der Waals surface area contributed by atoms with Gasteiger partial charge in [0.25, 0.3) is 11.8 Å². The van der Waals surface area contributed by atoms with Gasteiger partial charge in [-0.1, -0.05) is 24.3 Å². The third-order valence-corrected chi connectivity index (χ3v) is 2.96. The van der Waals surface area contributed by atoms with Crippen LogP contribution in [-0.4, -0.2) is 34.0 Å². The molecule has 0 saturated heterocycles. The van der Waals surface area contributed by atoms with Gasteiger partial charge in [-0.25, -0.2) is 0 Å². The largest absolute Gasteiger partial charge is 0.387 e. The average molecular weight is 243 g/mol. The van der Waals surface area contributed by atoms with Gasteiger partial charge in [-0.2, -0.15) is 0 Å². The van der Waals surface area contributed by atoms with Gasteiger partial charge >= 0.3 is 0 Å². The summed E-state index contributed by atoms with van der Waals surface area (Å²) in [6.45, 7) is 7.01. The molecule has 0 fully saturated rings. The molecule has 1 aliphatic rings. The van der Waals surface area contributed by atoms with Crippen molar-refractivity contribution in [2.24, 2.45) is 0 Å². The van der Waals surface area contributed by atoms with E-state index in [1.807, 2.05) is 0 Å². The third-order valence-electron chi connectivity index (χ3n) is 2.96. The van der Waals surface area contributed by atoms with E-state index in [1.54, 1.807) is 24.3 Å². The monoisotopic (exact) mass is 243 g/mol. The Kier molecular flexibility index (Phi) is 3.12. The Hall–Kier alpha value is -2.20. The molecule has 1 N–H and O–H groups in total. The summed E-state index contributed by atoms with van der Waals surface area (Å²) in [4.78, 5) is 25.3. The van der Waals surface area contributed by atoms with Crippen molar-refractivity contribution in [2.75, 3.05) is 0 Å². The lowest BCUT2D eigenvalue weighted by Gasteiger charge is -2.25. The standard InChI is InChI=1S/C14H13NO3/c1-3-11(12(16)4-2)15-13(17)9-7-5-6-8-10(9)14(15)18/h3-8,11-12,16H,1-2H2/t11?,12-/m1/s1. The number of carbonyl (C=O) groups excluding carboxylic acids is 2. The Morgan fingerprint density at radius 1 is 1.06 bits per heavy atom. The lowest BCUT2D eigenvalue weighted by atomic mass is 10.1. The van der Waals surface area contributed by atoms with Gasteiger partial charge in [-0.3, -0.25) is 14.5 Å². The molecular formula is C14H13NO3. The maximum atomic E-state index is 12.1. The first-order valence-corrected chi connectivity index (χ1v) is 5.52. The fourth-order valence-corrected chi connectivity index (χ4v) is 2.02. The number of imide groups is 1. The van der Waals surface area contributed by atoms with Crippen LogP contribution in [0.3, 0.4) is 0 Å². The number of aliphatic hydroxyl groups is 1. The Morgan fingerprint density at radius 2 is 1.56 bits per heavy atom. The maximum absolute atomic E-state index is 12.1. The highest BCUT2D eigenvalue weighted by Crippen LogP contribution is 2.26. The van der Waals surface area contributed by atoms with Crippen LogP contribution < -0.4 is 0 Å². The van der Waals surface area contributed by atoms with Crippen LogP contribution in [0, 0.1) is 0 Å². The summed E-state index contributed by atoms with van der Waals surface area (Å²) in [6, 6.07) is 5.78. The number of aliphatic hydroxyl groups excluding tert-OH is 1. The van der Waals surface area contributed by atoms with Crippen molar-refractivity contribution in [3.05, 3.63) is 60.7 Å². The van der Waals surface area contributed by atoms with Crippen LogP contribution in [0.1, 0.15) is 20.7 Å². The number of benzene rings is 1. The van der Waals surface area contributed by atoms with Gasteiger partial charge in [0.05, 0.1) is 23.3 Å². The van der Waals surface area contributed by atoms with Crippen LogP contribution >= 0.6 is 0 Å². The molecule has 0 saturated carbocycles. The average Bonchev–Trinajstić information content (AvgIpc) is 2.65. The van der Waals surface area contributed by atoms with E-state index >= 15 is 0 Å². The molecule has 0 bridgehead atoms. The summed E-state index contributed by atoms with van der Waals surface area (Å²) in [5, 5.41) is 9.76. The number of amides is 2. The summed E-state index contributed by atoms with van der Waals surface area (Å²) >= 11 is 0. The Morgan fingerprint density at radius 3 is 1.94 bits per heavy atom. The summed E-state index contributed by atoms with van der Waals surface area (Å²) < 4.78 is 0. The fourth-order valence-electron chi connectivity index (χ4n) is 2.02. The lowest BCUT2D eigenvalue weighted by Crippen LogP contribution is -2.44. The minimum Gasteiger partial charge on any atom is -0.387 e. The molecule has 2 atom stereocenters. The summed E-state index contributed by atoms with van der Waals surface area (Å²) in [5.41, 5.74) is 0.705. The van der Waals surface area contributed by atoms with E-state index in [0.29, 0.717) is 11.1 Å². The van der Waals surface area contributed by atoms with Gasteiger partial charge in [-0.05, 0) is 12.1 Å². The predicted octanol–water partition coefficient (Wildman–Crippen LogP) is 1.38. The van der Waals surface area contributed by atoms with Gasteiger partial charge < -0.3 is 5.11 Å². The summed E-state index contributed by atoms with van der Waals surface area (Å²) in [6.07, 6.45) is 1.62. The van der Waals surface area contributed by atoms with E-state index in [0.717, 1.165) is 4.90 Å². The number of rotatable bonds is 4. The highest BCUT2D eigenvalue weighted by molar-refractivity contribution is 6.21. The zero-order valence-corrected chi connectivity index (χ0v) is 9.74. The van der Waals surface area contributed by atoms with Gasteiger partial charge in [-0.15, -0.1) is 13.2 Å². The Balaban J connectivity index is 2.44. The highest BCUT2D eigenvalue weighted by atomic mass is 16.3. The fraction of sp³-hybridized carbons (Fsp3) is 0.143. The van der Waals surface area contributed by atoms with E-state index < -0.39 is 24.0 Å². The van der Waals surface area contributed by atoms with Crippen molar-refractivity contribution in [1.82, 2.24) is 4.90 Å². The smallest absolute Gasteiger partial charge is 0.262 e. The summed E-state index contributed by atoms with van der Waals surface area (Å²) in [5.74, 6) is -0.831. The maximum Gasteiger partial charge on any atom is 0.262 e. The first-order chi connectivity index (χ1) is 8.61. The molecule has 1 aliphatic heterocycles. The van der Waals surface area contributed by atoms with Gasteiger partial charge in [0.15, 0.2) is 0 Å². The first kappa shape index (κ1) is 12.3. The van der Waals surface area contributed by atoms with Crippen molar-refractivity contribution < 1.29 is 14.7 Å². The number of hydrogen-bond acceptors (Lipinski definition) is 3. The zero-order valence-electron chi connectivity index (χ0n) is 9.74. The molecule has 18 heavy (non-hydrogen) atoms. The molecule has 0 aromatic heterocycles. The zero-order chi connectivity index (χ0) is 13.3. The van der Waals surface area contributed by atoms with E-state index in [1.165, 1.54) is 12.2 Å². The van der Waals surface area contributed by atoms with Crippen molar-refractivity contribution in [3.63, 3.8) is 0 Å². The minimum atomic E-state index is -1.02. The molecule has 1 aromatic carbocycles. The number of nitrogens with zero attached hydrogens (tertiary/aromatic N) is 1. The van der Waals surface area contributed by atoms with Crippen LogP contribution in [-0.2, 0) is 0 Å². The van der Waals surface area contributed by atoms with Gasteiger partial charge in [0.2, 0.25) is 0 Å². The lowest BCUT2D eigenvalue weighted by molar-refractivity contribution is 0.0502. The number of fused-ring (bicyclic) bond motifs is 1. The molecule has 2 rings (SSSR count). The normalized spacial score (nSPS) is 17.3. The van der Waals surface area contributed by atoms with Gasteiger partial charge in [0.1, 0.15) is 0 Å². The van der Waals surface area contributed by atoms with Crippen LogP contribution in [0.4, 0.5) is 0 Å². The quantitative estimate of drug-likeness (QED) is 0.642. The molecule has 4 nitrogen and oxygen atoms in total. The number of hydrogen-bond donors (Lipinski definition) is 1. The van der Waals surface area contributed by atoms with E-state index in [9.17, 15) is 14.7 Å². The summed E-state index contributed by atoms with van der Waals surface area (Å²) in [7, 11) is 0.